The molecule has 0 bridgehead atoms. The van der Waals surface area contributed by atoms with Crippen LogP contribution in [0, 0.1) is 16.0 Å². The largest absolute Gasteiger partial charge is 0.490 e. The molecule has 1 N–H and O–H groups in total. The number of rotatable bonds is 5. The molecule has 0 saturated carbocycles. The number of hydrogen-bond acceptors (Lipinski definition) is 5. The third-order valence-electron chi connectivity index (χ3n) is 4.86. The first-order chi connectivity index (χ1) is 11.2. The van der Waals surface area contributed by atoms with E-state index in [1.54, 1.807) is 12.1 Å². The van der Waals surface area contributed by atoms with Gasteiger partial charge in [0.2, 0.25) is 0 Å². The molecule has 2 aliphatic heterocycles. The van der Waals surface area contributed by atoms with E-state index in [9.17, 15) is 10.1 Å². The highest BCUT2D eigenvalue weighted by molar-refractivity contribution is 5.36. The molecule has 6 nitrogen and oxygen atoms in total. The van der Waals surface area contributed by atoms with E-state index in [0.717, 1.165) is 50.7 Å². The van der Waals surface area contributed by atoms with Gasteiger partial charge < -0.3 is 15.0 Å². The third-order valence-corrected chi connectivity index (χ3v) is 4.86. The Balaban J connectivity index is 1.42. The Kier molecular flexibility index (Phi) is 5.46. The molecule has 0 radical (unpaired) electrons. The standard InChI is InChI=1S/C17H25N3O3/c21-20(22)15-1-3-16(4-2-15)23-17-7-11-19(12-8-17)13-14-5-9-18-10-6-14/h1-4,14,17-18H,5-13H2. The summed E-state index contributed by atoms with van der Waals surface area (Å²) in [7, 11) is 0. The molecule has 1 aromatic rings. The Morgan fingerprint density at radius 1 is 1.13 bits per heavy atom. The van der Waals surface area contributed by atoms with Crippen LogP contribution in [0.15, 0.2) is 24.3 Å². The lowest BCUT2D eigenvalue weighted by Crippen LogP contribution is -2.42. The Hall–Kier alpha value is -1.66. The van der Waals surface area contributed by atoms with Crippen molar-refractivity contribution in [3.63, 3.8) is 0 Å². The maximum absolute atomic E-state index is 10.7. The summed E-state index contributed by atoms with van der Waals surface area (Å²) in [6, 6.07) is 6.39. The molecule has 2 heterocycles. The first-order valence-electron chi connectivity index (χ1n) is 8.55. The van der Waals surface area contributed by atoms with Crippen LogP contribution in [0.25, 0.3) is 0 Å². The highest BCUT2D eigenvalue weighted by atomic mass is 16.6. The van der Waals surface area contributed by atoms with Crippen LogP contribution >= 0.6 is 0 Å². The molecular formula is C17H25N3O3. The predicted molar refractivity (Wildman–Crippen MR) is 88.8 cm³/mol. The first kappa shape index (κ1) is 16.2. The number of benzene rings is 1. The fourth-order valence-corrected chi connectivity index (χ4v) is 3.48. The number of hydrogen-bond donors (Lipinski definition) is 1. The zero-order chi connectivity index (χ0) is 16.1. The van der Waals surface area contributed by atoms with Gasteiger partial charge in [-0.2, -0.15) is 0 Å². The number of nitrogens with zero attached hydrogens (tertiary/aromatic N) is 2. The minimum atomic E-state index is -0.386. The van der Waals surface area contributed by atoms with Crippen LogP contribution in [0.4, 0.5) is 5.69 Å². The number of nitrogens with one attached hydrogen (secondary N) is 1. The minimum Gasteiger partial charge on any atom is -0.490 e. The van der Waals surface area contributed by atoms with Gasteiger partial charge in [0.15, 0.2) is 0 Å². The van der Waals surface area contributed by atoms with Gasteiger partial charge in [-0.05, 0) is 56.8 Å². The van der Waals surface area contributed by atoms with Gasteiger partial charge in [0.05, 0.1) is 4.92 Å². The highest BCUT2D eigenvalue weighted by Crippen LogP contribution is 2.23. The van der Waals surface area contributed by atoms with Gasteiger partial charge in [-0.15, -0.1) is 0 Å². The smallest absolute Gasteiger partial charge is 0.269 e. The third kappa shape index (κ3) is 4.65. The van der Waals surface area contributed by atoms with Gasteiger partial charge in [-0.25, -0.2) is 0 Å². The molecule has 2 saturated heterocycles. The second kappa shape index (κ2) is 7.75. The fourth-order valence-electron chi connectivity index (χ4n) is 3.48. The summed E-state index contributed by atoms with van der Waals surface area (Å²) in [4.78, 5) is 12.8. The van der Waals surface area contributed by atoms with E-state index < -0.39 is 0 Å². The van der Waals surface area contributed by atoms with Crippen molar-refractivity contribution in [2.45, 2.75) is 31.8 Å². The van der Waals surface area contributed by atoms with Crippen molar-refractivity contribution in [2.24, 2.45) is 5.92 Å². The molecule has 23 heavy (non-hydrogen) atoms. The SMILES string of the molecule is O=[N+]([O-])c1ccc(OC2CCN(CC3CCNCC3)CC2)cc1. The van der Waals surface area contributed by atoms with Crippen molar-refractivity contribution in [1.29, 1.82) is 0 Å². The highest BCUT2D eigenvalue weighted by Gasteiger charge is 2.23. The van der Waals surface area contributed by atoms with E-state index in [4.69, 9.17) is 4.74 Å². The molecule has 0 amide bonds. The summed E-state index contributed by atoms with van der Waals surface area (Å²) in [5.41, 5.74) is 0.106. The first-order valence-corrected chi connectivity index (χ1v) is 8.55. The summed E-state index contributed by atoms with van der Waals surface area (Å²) in [6.45, 7) is 5.70. The lowest BCUT2D eigenvalue weighted by molar-refractivity contribution is -0.384. The summed E-state index contributed by atoms with van der Waals surface area (Å²) < 4.78 is 5.97. The Morgan fingerprint density at radius 3 is 2.39 bits per heavy atom. The lowest BCUT2D eigenvalue weighted by Gasteiger charge is -2.35. The second-order valence-electron chi connectivity index (χ2n) is 6.56. The molecule has 0 aromatic heterocycles. The fraction of sp³-hybridized carbons (Fsp3) is 0.647. The zero-order valence-electron chi connectivity index (χ0n) is 13.4. The van der Waals surface area contributed by atoms with Crippen LogP contribution in [-0.4, -0.2) is 48.7 Å². The number of piperidine rings is 2. The van der Waals surface area contributed by atoms with Gasteiger partial charge in [0.1, 0.15) is 11.9 Å². The summed E-state index contributed by atoms with van der Waals surface area (Å²) in [5, 5.41) is 14.1. The Labute approximate surface area is 137 Å². The molecule has 126 valence electrons. The predicted octanol–water partition coefficient (Wildman–Crippen LogP) is 2.44. The quantitative estimate of drug-likeness (QED) is 0.667. The number of non-ortho nitro benzene ring substituents is 1. The van der Waals surface area contributed by atoms with Crippen molar-refractivity contribution < 1.29 is 9.66 Å². The van der Waals surface area contributed by atoms with E-state index in [-0.39, 0.29) is 16.7 Å². The van der Waals surface area contributed by atoms with E-state index in [1.165, 1.54) is 31.5 Å². The van der Waals surface area contributed by atoms with Crippen LogP contribution in [0.3, 0.4) is 0 Å². The summed E-state index contributed by atoms with van der Waals surface area (Å²) >= 11 is 0. The van der Waals surface area contributed by atoms with Gasteiger partial charge in [-0.1, -0.05) is 0 Å². The molecule has 0 aliphatic carbocycles. The van der Waals surface area contributed by atoms with Gasteiger partial charge in [0, 0.05) is 31.8 Å². The van der Waals surface area contributed by atoms with Gasteiger partial charge in [-0.3, -0.25) is 10.1 Å². The maximum atomic E-state index is 10.7. The van der Waals surface area contributed by atoms with Crippen LogP contribution in [0.2, 0.25) is 0 Å². The van der Waals surface area contributed by atoms with E-state index in [1.807, 2.05) is 0 Å². The second-order valence-corrected chi connectivity index (χ2v) is 6.56. The molecule has 0 unspecified atom stereocenters. The van der Waals surface area contributed by atoms with Gasteiger partial charge in [0.25, 0.3) is 5.69 Å². The van der Waals surface area contributed by atoms with Crippen LogP contribution in [0.1, 0.15) is 25.7 Å². The number of ether oxygens (including phenoxy) is 1. The van der Waals surface area contributed by atoms with Gasteiger partial charge >= 0.3 is 0 Å². The average Bonchev–Trinajstić information content (AvgIpc) is 2.58. The molecular weight excluding hydrogens is 294 g/mol. The van der Waals surface area contributed by atoms with E-state index in [0.29, 0.717) is 0 Å². The van der Waals surface area contributed by atoms with E-state index in [2.05, 4.69) is 10.2 Å². The Morgan fingerprint density at radius 2 is 1.78 bits per heavy atom. The lowest BCUT2D eigenvalue weighted by atomic mass is 9.96. The van der Waals surface area contributed by atoms with Crippen molar-refractivity contribution >= 4 is 5.69 Å². The molecule has 2 aliphatic rings. The van der Waals surface area contributed by atoms with Crippen LogP contribution in [-0.2, 0) is 0 Å². The van der Waals surface area contributed by atoms with Crippen LogP contribution in [0.5, 0.6) is 5.75 Å². The monoisotopic (exact) mass is 319 g/mol. The van der Waals surface area contributed by atoms with E-state index >= 15 is 0 Å². The Bertz CT molecular complexity index is 506. The zero-order valence-corrected chi connectivity index (χ0v) is 13.4. The van der Waals surface area contributed by atoms with Crippen molar-refractivity contribution in [3.05, 3.63) is 34.4 Å². The summed E-state index contributed by atoms with van der Waals surface area (Å²) in [5.74, 6) is 1.57. The van der Waals surface area contributed by atoms with Crippen molar-refractivity contribution in [1.82, 2.24) is 10.2 Å². The van der Waals surface area contributed by atoms with Crippen molar-refractivity contribution in [2.75, 3.05) is 32.7 Å². The maximum Gasteiger partial charge on any atom is 0.269 e. The number of likely N-dealkylation sites (tertiary alicyclic amines) is 1. The molecule has 2 fully saturated rings. The number of nitro benzene ring substituents is 1. The number of nitro groups is 1. The molecule has 0 atom stereocenters. The summed E-state index contributed by atoms with van der Waals surface area (Å²) in [6.07, 6.45) is 4.86. The minimum absolute atomic E-state index is 0.106. The average molecular weight is 319 g/mol. The molecule has 1 aromatic carbocycles. The topological polar surface area (TPSA) is 67.6 Å². The normalized spacial score (nSPS) is 21.2. The molecule has 3 rings (SSSR count). The van der Waals surface area contributed by atoms with Crippen LogP contribution < -0.4 is 10.1 Å². The molecule has 6 heteroatoms. The molecule has 0 spiro atoms. The van der Waals surface area contributed by atoms with Crippen molar-refractivity contribution in [3.8, 4) is 5.75 Å².